The van der Waals surface area contributed by atoms with Crippen LogP contribution in [0.25, 0.3) is 0 Å². The quantitative estimate of drug-likeness (QED) is 0.812. The Labute approximate surface area is 112 Å². The first kappa shape index (κ1) is 13.3. The van der Waals surface area contributed by atoms with E-state index in [-0.39, 0.29) is 0 Å². The highest BCUT2D eigenvalue weighted by atomic mass is 16.5. The minimum absolute atomic E-state index is 0.383. The summed E-state index contributed by atoms with van der Waals surface area (Å²) in [6.45, 7) is 0.703. The van der Waals surface area contributed by atoms with Gasteiger partial charge in [0.05, 0.1) is 19.3 Å². The van der Waals surface area contributed by atoms with Crippen molar-refractivity contribution in [1.29, 1.82) is 0 Å². The molecule has 1 aromatic heterocycles. The number of carbonyl (C=O) groups is 1. The van der Waals surface area contributed by atoms with Crippen LogP contribution < -0.4 is 5.73 Å². The summed E-state index contributed by atoms with van der Waals surface area (Å²) in [5.41, 5.74) is 7.66. The molecule has 0 bridgehead atoms. The highest BCUT2D eigenvalue weighted by Crippen LogP contribution is 2.05. The SMILES string of the molecule is COC(=O)[C@@H](N)Cc1ccn(Cc2ccccc2)n1. The Morgan fingerprint density at radius 1 is 1.37 bits per heavy atom. The largest absolute Gasteiger partial charge is 0.468 e. The Morgan fingerprint density at radius 3 is 2.79 bits per heavy atom. The van der Waals surface area contributed by atoms with E-state index in [1.54, 1.807) is 0 Å². The van der Waals surface area contributed by atoms with E-state index in [1.807, 2.05) is 47.3 Å². The summed E-state index contributed by atoms with van der Waals surface area (Å²) in [4.78, 5) is 11.2. The van der Waals surface area contributed by atoms with Crippen molar-refractivity contribution in [2.45, 2.75) is 19.0 Å². The number of nitrogens with two attached hydrogens (primary N) is 1. The van der Waals surface area contributed by atoms with Gasteiger partial charge in [0.2, 0.25) is 0 Å². The summed E-state index contributed by atoms with van der Waals surface area (Å²) >= 11 is 0. The van der Waals surface area contributed by atoms with E-state index in [1.165, 1.54) is 12.7 Å². The molecule has 1 aromatic carbocycles. The third kappa shape index (κ3) is 3.66. The number of aromatic nitrogens is 2. The molecule has 0 unspecified atom stereocenters. The predicted octanol–water partition coefficient (Wildman–Crippen LogP) is 0.974. The Morgan fingerprint density at radius 2 is 2.11 bits per heavy atom. The number of hydrogen-bond acceptors (Lipinski definition) is 4. The zero-order chi connectivity index (χ0) is 13.7. The molecule has 0 fully saturated rings. The standard InChI is InChI=1S/C14H17N3O2/c1-19-14(18)13(15)9-12-7-8-17(16-12)10-11-5-3-2-4-6-11/h2-8,13H,9-10,15H2,1H3/t13-/m0/s1. The first-order valence-corrected chi connectivity index (χ1v) is 6.08. The molecule has 1 atom stereocenters. The van der Waals surface area contributed by atoms with Gasteiger partial charge in [0.15, 0.2) is 0 Å². The van der Waals surface area contributed by atoms with Crippen LogP contribution in [0.5, 0.6) is 0 Å². The fourth-order valence-electron chi connectivity index (χ4n) is 1.83. The number of nitrogens with zero attached hydrogens (tertiary/aromatic N) is 2. The second-order valence-corrected chi connectivity index (χ2v) is 4.32. The lowest BCUT2D eigenvalue weighted by atomic mass is 10.2. The van der Waals surface area contributed by atoms with Gasteiger partial charge in [0, 0.05) is 12.6 Å². The summed E-state index contributed by atoms with van der Waals surface area (Å²) in [5, 5.41) is 4.39. The molecule has 0 amide bonds. The minimum atomic E-state index is -0.662. The number of hydrogen-bond donors (Lipinski definition) is 1. The molecule has 19 heavy (non-hydrogen) atoms. The van der Waals surface area contributed by atoms with Crippen LogP contribution in [0.3, 0.4) is 0 Å². The average molecular weight is 259 g/mol. The molecule has 0 spiro atoms. The van der Waals surface area contributed by atoms with Gasteiger partial charge in [-0.05, 0) is 11.6 Å². The van der Waals surface area contributed by atoms with E-state index in [0.717, 1.165) is 5.69 Å². The zero-order valence-electron chi connectivity index (χ0n) is 10.8. The topological polar surface area (TPSA) is 70.1 Å². The molecule has 0 aliphatic carbocycles. The number of rotatable bonds is 5. The number of ether oxygens (including phenoxy) is 1. The third-order valence-electron chi connectivity index (χ3n) is 2.82. The number of benzene rings is 1. The molecule has 1 heterocycles. The van der Waals surface area contributed by atoms with Gasteiger partial charge in [-0.2, -0.15) is 5.10 Å². The zero-order valence-corrected chi connectivity index (χ0v) is 10.8. The predicted molar refractivity (Wildman–Crippen MR) is 71.5 cm³/mol. The molecule has 100 valence electrons. The van der Waals surface area contributed by atoms with E-state index in [2.05, 4.69) is 9.84 Å². The van der Waals surface area contributed by atoms with Crippen molar-refractivity contribution < 1.29 is 9.53 Å². The lowest BCUT2D eigenvalue weighted by Gasteiger charge is -2.06. The van der Waals surface area contributed by atoms with Gasteiger partial charge >= 0.3 is 5.97 Å². The summed E-state index contributed by atoms with van der Waals surface area (Å²) < 4.78 is 6.42. The van der Waals surface area contributed by atoms with Gasteiger partial charge in [-0.25, -0.2) is 0 Å². The summed E-state index contributed by atoms with van der Waals surface area (Å²) in [6.07, 6.45) is 2.26. The molecule has 2 rings (SSSR count). The van der Waals surface area contributed by atoms with Gasteiger partial charge in [0.1, 0.15) is 6.04 Å². The van der Waals surface area contributed by atoms with Gasteiger partial charge in [0.25, 0.3) is 0 Å². The number of carbonyl (C=O) groups excluding carboxylic acids is 1. The molecule has 5 nitrogen and oxygen atoms in total. The second-order valence-electron chi connectivity index (χ2n) is 4.32. The fraction of sp³-hybridized carbons (Fsp3) is 0.286. The second kappa shape index (κ2) is 6.15. The van der Waals surface area contributed by atoms with Crippen molar-refractivity contribution in [3.05, 3.63) is 53.9 Å². The van der Waals surface area contributed by atoms with E-state index < -0.39 is 12.0 Å². The van der Waals surface area contributed by atoms with Crippen LogP contribution in [0.4, 0.5) is 0 Å². The van der Waals surface area contributed by atoms with Crippen molar-refractivity contribution in [3.8, 4) is 0 Å². The van der Waals surface area contributed by atoms with Crippen molar-refractivity contribution >= 4 is 5.97 Å². The molecule has 5 heteroatoms. The smallest absolute Gasteiger partial charge is 0.323 e. The summed E-state index contributed by atoms with van der Waals surface area (Å²) in [7, 11) is 1.33. The van der Waals surface area contributed by atoms with Crippen LogP contribution in [0.1, 0.15) is 11.3 Å². The maximum absolute atomic E-state index is 11.2. The van der Waals surface area contributed by atoms with Crippen LogP contribution in [0.2, 0.25) is 0 Å². The Balaban J connectivity index is 1.98. The average Bonchev–Trinajstić information content (AvgIpc) is 2.86. The van der Waals surface area contributed by atoms with Crippen molar-refractivity contribution in [3.63, 3.8) is 0 Å². The maximum atomic E-state index is 11.2. The Bertz CT molecular complexity index is 537. The van der Waals surface area contributed by atoms with Gasteiger partial charge in [-0.1, -0.05) is 30.3 Å². The maximum Gasteiger partial charge on any atom is 0.323 e. The lowest BCUT2D eigenvalue weighted by Crippen LogP contribution is -2.33. The van der Waals surface area contributed by atoms with Crippen molar-refractivity contribution in [1.82, 2.24) is 9.78 Å². The number of esters is 1. The Kier molecular flexibility index (Phi) is 4.30. The first-order chi connectivity index (χ1) is 9.19. The fourth-order valence-corrected chi connectivity index (χ4v) is 1.83. The molecular formula is C14H17N3O2. The van der Waals surface area contributed by atoms with Crippen LogP contribution in [0.15, 0.2) is 42.6 Å². The molecule has 2 N–H and O–H groups in total. The van der Waals surface area contributed by atoms with Crippen LogP contribution in [-0.4, -0.2) is 28.9 Å². The molecule has 0 aliphatic heterocycles. The third-order valence-corrected chi connectivity index (χ3v) is 2.82. The molecule has 2 aromatic rings. The normalized spacial score (nSPS) is 12.1. The van der Waals surface area contributed by atoms with Gasteiger partial charge in [-0.3, -0.25) is 9.48 Å². The molecule has 0 radical (unpaired) electrons. The molecule has 0 aliphatic rings. The highest BCUT2D eigenvalue weighted by molar-refractivity contribution is 5.75. The van der Waals surface area contributed by atoms with Gasteiger partial charge in [-0.15, -0.1) is 0 Å². The molecular weight excluding hydrogens is 242 g/mol. The molecule has 0 saturated carbocycles. The molecule has 0 saturated heterocycles. The van der Waals surface area contributed by atoms with Crippen molar-refractivity contribution in [2.24, 2.45) is 5.73 Å². The van der Waals surface area contributed by atoms with Crippen LogP contribution in [-0.2, 0) is 22.5 Å². The van der Waals surface area contributed by atoms with E-state index >= 15 is 0 Å². The van der Waals surface area contributed by atoms with Crippen molar-refractivity contribution in [2.75, 3.05) is 7.11 Å². The van der Waals surface area contributed by atoms with E-state index in [4.69, 9.17) is 5.73 Å². The minimum Gasteiger partial charge on any atom is -0.468 e. The summed E-state index contributed by atoms with van der Waals surface area (Å²) in [6, 6.07) is 11.3. The lowest BCUT2D eigenvalue weighted by molar-refractivity contribution is -0.142. The van der Waals surface area contributed by atoms with Crippen LogP contribution in [0, 0.1) is 0 Å². The van der Waals surface area contributed by atoms with E-state index in [9.17, 15) is 4.79 Å². The highest BCUT2D eigenvalue weighted by Gasteiger charge is 2.15. The monoisotopic (exact) mass is 259 g/mol. The van der Waals surface area contributed by atoms with E-state index in [0.29, 0.717) is 13.0 Å². The Hall–Kier alpha value is -2.14. The first-order valence-electron chi connectivity index (χ1n) is 6.08. The van der Waals surface area contributed by atoms with Gasteiger partial charge < -0.3 is 10.5 Å². The summed E-state index contributed by atoms with van der Waals surface area (Å²) in [5.74, 6) is -0.419. The number of methoxy groups -OCH3 is 1. The van der Waals surface area contributed by atoms with Crippen LogP contribution >= 0.6 is 0 Å².